The van der Waals surface area contributed by atoms with E-state index in [2.05, 4.69) is 10.0 Å². The largest absolute Gasteiger partial charge is 0.494 e. The maximum atomic E-state index is 12.9. The SMILES string of the molecule is CCS(=O)(=O)Nc1ccc(NC(=O)c2cccc(S(=O)(=O)N3CCCCC3)c2)cc1OC. The first kappa shape index (κ1) is 24.0. The number of amides is 1. The summed E-state index contributed by atoms with van der Waals surface area (Å²) >= 11 is 0. The summed E-state index contributed by atoms with van der Waals surface area (Å²) in [6, 6.07) is 10.4. The lowest BCUT2D eigenvalue weighted by Crippen LogP contribution is -2.35. The predicted octanol–water partition coefficient (Wildman–Crippen LogP) is 2.88. The molecule has 0 aliphatic carbocycles. The summed E-state index contributed by atoms with van der Waals surface area (Å²) in [7, 11) is -5.76. The lowest BCUT2D eigenvalue weighted by atomic mass is 10.2. The summed E-state index contributed by atoms with van der Waals surface area (Å²) in [5.74, 6) is -0.350. The molecule has 1 aliphatic heterocycles. The molecule has 2 aromatic rings. The average molecular weight is 482 g/mol. The Morgan fingerprint density at radius 2 is 1.75 bits per heavy atom. The van der Waals surface area contributed by atoms with E-state index in [0.717, 1.165) is 19.3 Å². The van der Waals surface area contributed by atoms with Crippen molar-refractivity contribution in [3.05, 3.63) is 48.0 Å². The van der Waals surface area contributed by atoms with E-state index >= 15 is 0 Å². The van der Waals surface area contributed by atoms with Gasteiger partial charge in [0.25, 0.3) is 5.91 Å². The van der Waals surface area contributed by atoms with Crippen LogP contribution < -0.4 is 14.8 Å². The molecule has 0 atom stereocenters. The Hall–Kier alpha value is -2.63. The number of benzene rings is 2. The van der Waals surface area contributed by atoms with Crippen molar-refractivity contribution in [1.29, 1.82) is 0 Å². The maximum absolute atomic E-state index is 12.9. The third-order valence-electron chi connectivity index (χ3n) is 5.15. The molecule has 1 amide bonds. The van der Waals surface area contributed by atoms with E-state index < -0.39 is 26.0 Å². The standard InChI is InChI=1S/C21H27N3O6S2/c1-3-31(26,27)23-19-11-10-17(15-20(19)30-2)22-21(25)16-8-7-9-18(14-16)32(28,29)24-12-5-4-6-13-24/h7-11,14-15,23H,3-6,12-13H2,1-2H3,(H,22,25). The minimum absolute atomic E-state index is 0.0777. The molecule has 0 spiro atoms. The molecule has 2 N–H and O–H groups in total. The van der Waals surface area contributed by atoms with E-state index in [1.165, 1.54) is 60.8 Å². The number of carbonyl (C=O) groups is 1. The molecule has 3 rings (SSSR count). The zero-order valence-corrected chi connectivity index (χ0v) is 19.6. The van der Waals surface area contributed by atoms with Crippen LogP contribution in [0.5, 0.6) is 5.75 Å². The number of anilines is 2. The van der Waals surface area contributed by atoms with Crippen LogP contribution in [0.3, 0.4) is 0 Å². The Kier molecular flexibility index (Phi) is 7.42. The third-order valence-corrected chi connectivity index (χ3v) is 8.34. The Morgan fingerprint density at radius 1 is 1.03 bits per heavy atom. The van der Waals surface area contributed by atoms with Crippen LogP contribution in [0.1, 0.15) is 36.5 Å². The van der Waals surface area contributed by atoms with Gasteiger partial charge in [-0.3, -0.25) is 9.52 Å². The zero-order chi connectivity index (χ0) is 23.4. The zero-order valence-electron chi connectivity index (χ0n) is 18.0. The first-order chi connectivity index (χ1) is 15.2. The predicted molar refractivity (Wildman–Crippen MR) is 123 cm³/mol. The van der Waals surface area contributed by atoms with Crippen LogP contribution in [0, 0.1) is 0 Å². The van der Waals surface area contributed by atoms with Gasteiger partial charge in [0.05, 0.1) is 23.4 Å². The number of carbonyl (C=O) groups excluding carboxylic acids is 1. The molecule has 9 nitrogen and oxygen atoms in total. The van der Waals surface area contributed by atoms with E-state index in [1.54, 1.807) is 0 Å². The van der Waals surface area contributed by atoms with Crippen molar-refractivity contribution in [2.24, 2.45) is 0 Å². The molecule has 2 aromatic carbocycles. The Labute approximate surface area is 188 Å². The van der Waals surface area contributed by atoms with Crippen LogP contribution >= 0.6 is 0 Å². The van der Waals surface area contributed by atoms with Crippen molar-refractivity contribution in [1.82, 2.24) is 4.31 Å². The highest BCUT2D eigenvalue weighted by Crippen LogP contribution is 2.29. The van der Waals surface area contributed by atoms with Gasteiger partial charge in [-0.2, -0.15) is 4.31 Å². The fourth-order valence-corrected chi connectivity index (χ4v) is 5.56. The minimum Gasteiger partial charge on any atom is -0.494 e. The number of nitrogens with zero attached hydrogens (tertiary/aromatic N) is 1. The smallest absolute Gasteiger partial charge is 0.255 e. The van der Waals surface area contributed by atoms with Crippen LogP contribution in [-0.4, -0.2) is 53.0 Å². The normalized spacial score (nSPS) is 15.2. The van der Waals surface area contributed by atoms with Crippen LogP contribution in [-0.2, 0) is 20.0 Å². The summed E-state index contributed by atoms with van der Waals surface area (Å²) in [6.45, 7) is 2.47. The highest BCUT2D eigenvalue weighted by Gasteiger charge is 2.26. The molecule has 11 heteroatoms. The van der Waals surface area contributed by atoms with Crippen molar-refractivity contribution in [2.45, 2.75) is 31.1 Å². The topological polar surface area (TPSA) is 122 Å². The number of piperidine rings is 1. The fraction of sp³-hybridized carbons (Fsp3) is 0.381. The van der Waals surface area contributed by atoms with Gasteiger partial charge < -0.3 is 10.1 Å². The Morgan fingerprint density at radius 3 is 2.41 bits per heavy atom. The van der Waals surface area contributed by atoms with Crippen LogP contribution in [0.25, 0.3) is 0 Å². The van der Waals surface area contributed by atoms with E-state index in [-0.39, 0.29) is 27.6 Å². The molecule has 0 unspecified atom stereocenters. The van der Waals surface area contributed by atoms with Crippen molar-refractivity contribution in [3.63, 3.8) is 0 Å². The van der Waals surface area contributed by atoms with Crippen molar-refractivity contribution < 1.29 is 26.4 Å². The Balaban J connectivity index is 1.79. The van der Waals surface area contributed by atoms with Crippen LogP contribution in [0.2, 0.25) is 0 Å². The Bertz CT molecular complexity index is 1190. The molecule has 1 aliphatic rings. The van der Waals surface area contributed by atoms with E-state index in [9.17, 15) is 21.6 Å². The van der Waals surface area contributed by atoms with Gasteiger partial charge >= 0.3 is 0 Å². The fourth-order valence-electron chi connectivity index (χ4n) is 3.35. The van der Waals surface area contributed by atoms with E-state index in [4.69, 9.17) is 4.74 Å². The van der Waals surface area contributed by atoms with Gasteiger partial charge in [0.1, 0.15) is 5.75 Å². The first-order valence-corrected chi connectivity index (χ1v) is 13.4. The molecular formula is C21H27N3O6S2. The maximum Gasteiger partial charge on any atom is 0.255 e. The molecule has 0 saturated carbocycles. The molecule has 32 heavy (non-hydrogen) atoms. The van der Waals surface area contributed by atoms with Gasteiger partial charge in [-0.05, 0) is 50.1 Å². The summed E-state index contributed by atoms with van der Waals surface area (Å²) < 4.78 is 58.6. The van der Waals surface area contributed by atoms with Crippen LogP contribution in [0.15, 0.2) is 47.4 Å². The highest BCUT2D eigenvalue weighted by atomic mass is 32.2. The molecular weight excluding hydrogens is 454 g/mol. The third kappa shape index (κ3) is 5.59. The average Bonchev–Trinajstić information content (AvgIpc) is 2.80. The monoisotopic (exact) mass is 481 g/mol. The molecule has 1 fully saturated rings. The van der Waals surface area contributed by atoms with Crippen molar-refractivity contribution in [3.8, 4) is 5.75 Å². The first-order valence-electron chi connectivity index (χ1n) is 10.3. The van der Waals surface area contributed by atoms with Gasteiger partial charge in [0, 0.05) is 30.4 Å². The molecule has 1 heterocycles. The van der Waals surface area contributed by atoms with Crippen molar-refractivity contribution in [2.75, 3.05) is 36.0 Å². The van der Waals surface area contributed by atoms with Gasteiger partial charge in [-0.25, -0.2) is 16.8 Å². The highest BCUT2D eigenvalue weighted by molar-refractivity contribution is 7.92. The molecule has 0 radical (unpaired) electrons. The number of ether oxygens (including phenoxy) is 1. The van der Waals surface area contributed by atoms with Gasteiger partial charge in [-0.1, -0.05) is 12.5 Å². The number of methoxy groups -OCH3 is 1. The van der Waals surface area contributed by atoms with Crippen LogP contribution in [0.4, 0.5) is 11.4 Å². The molecule has 1 saturated heterocycles. The van der Waals surface area contributed by atoms with Gasteiger partial charge in [0.2, 0.25) is 20.0 Å². The summed E-state index contributed by atoms with van der Waals surface area (Å²) in [4.78, 5) is 12.8. The minimum atomic E-state index is -3.66. The summed E-state index contributed by atoms with van der Waals surface area (Å²) in [5, 5.41) is 2.69. The second-order valence-corrected chi connectivity index (χ2v) is 11.3. The lowest BCUT2D eigenvalue weighted by Gasteiger charge is -2.26. The molecule has 174 valence electrons. The second-order valence-electron chi connectivity index (χ2n) is 7.37. The van der Waals surface area contributed by atoms with E-state index in [0.29, 0.717) is 18.8 Å². The van der Waals surface area contributed by atoms with Gasteiger partial charge in [-0.15, -0.1) is 0 Å². The second kappa shape index (κ2) is 9.88. The number of rotatable bonds is 8. The summed E-state index contributed by atoms with van der Waals surface area (Å²) in [5.41, 5.74) is 0.815. The van der Waals surface area contributed by atoms with Gasteiger partial charge in [0.15, 0.2) is 0 Å². The number of hydrogen-bond donors (Lipinski definition) is 2. The number of hydrogen-bond acceptors (Lipinski definition) is 6. The van der Waals surface area contributed by atoms with E-state index in [1.807, 2.05) is 0 Å². The molecule has 0 aromatic heterocycles. The lowest BCUT2D eigenvalue weighted by molar-refractivity contribution is 0.102. The molecule has 0 bridgehead atoms. The number of nitrogens with one attached hydrogen (secondary N) is 2. The summed E-state index contributed by atoms with van der Waals surface area (Å²) in [6.07, 6.45) is 2.66. The van der Waals surface area contributed by atoms with Crippen molar-refractivity contribution >= 4 is 37.3 Å². The number of sulfonamides is 2. The quantitative estimate of drug-likeness (QED) is 0.598.